The molecule has 0 unspecified atom stereocenters. The van der Waals surface area contributed by atoms with Gasteiger partial charge >= 0.3 is 6.09 Å². The van der Waals surface area contributed by atoms with E-state index in [0.29, 0.717) is 42.1 Å². The summed E-state index contributed by atoms with van der Waals surface area (Å²) < 4.78 is 12.4. The number of pyridine rings is 1. The molecule has 4 N–H and O–H groups in total. The monoisotopic (exact) mass is 772 g/mol. The predicted octanol–water partition coefficient (Wildman–Crippen LogP) is 8.57. The van der Waals surface area contributed by atoms with Crippen LogP contribution in [0.1, 0.15) is 75.0 Å². The average molecular weight is 773 g/mol. The summed E-state index contributed by atoms with van der Waals surface area (Å²) in [6.07, 6.45) is 8.77. The summed E-state index contributed by atoms with van der Waals surface area (Å²) in [4.78, 5) is 32.5. The van der Waals surface area contributed by atoms with Crippen molar-refractivity contribution in [1.29, 1.82) is 0 Å². The van der Waals surface area contributed by atoms with Crippen molar-refractivity contribution >= 4 is 22.7 Å². The number of aromatic nitrogens is 1. The molecule has 3 fully saturated rings. The number of anilines is 1. The number of aliphatic hydroxyl groups excluding tert-OH is 1. The summed E-state index contributed by atoms with van der Waals surface area (Å²) >= 11 is 0. The molecule has 4 aromatic carbocycles. The Bertz CT molecular complexity index is 2110. The van der Waals surface area contributed by atoms with Crippen LogP contribution >= 0.6 is 0 Å². The fraction of sp³-hybridized carbons (Fsp3) is 0.404. The van der Waals surface area contributed by atoms with Crippen LogP contribution in [0.15, 0.2) is 108 Å². The normalized spacial score (nSPS) is 18.0. The van der Waals surface area contributed by atoms with Crippen LogP contribution in [0.3, 0.4) is 0 Å². The number of phenolic OH excluding ortho intramolecular Hbond substituents is 1. The first kappa shape index (κ1) is 40.1. The lowest BCUT2D eigenvalue weighted by atomic mass is 9.86. The first-order valence-electron chi connectivity index (χ1n) is 20.7. The molecule has 10 nitrogen and oxygen atoms in total. The molecule has 0 radical (unpaired) electrons. The second-order valence-electron chi connectivity index (χ2n) is 15.5. The maximum absolute atomic E-state index is 14.0. The Kier molecular flexibility index (Phi) is 13.9. The SMILES string of the molecule is O=C(O[C@H]1CN2CCC1CC2)N(Cc1cccc(OCCCCCCCCCNC[C@H](O)c2ccc(O)c3[nH]c(=O)ccc23)c1)c1cccc(-c2ccccc2)c1. The average Bonchev–Trinajstić information content (AvgIpc) is 3.24. The van der Waals surface area contributed by atoms with Crippen molar-refractivity contribution in [2.75, 3.05) is 44.2 Å². The molecule has 10 heteroatoms. The third kappa shape index (κ3) is 10.8. The molecule has 3 aliphatic rings. The topological polar surface area (TPSA) is 127 Å². The zero-order valence-electron chi connectivity index (χ0n) is 32.8. The standard InChI is InChI=1S/C47H56N4O6/c52-42-21-19-40(41-20-22-45(54)49-46(41)42)43(53)31-48-25-9-4-2-1-3-5-10-28-56-39-18-11-13-34(29-39)32-51(47(55)57-44-33-50-26-23-36(44)24-27-50)38-17-12-16-37(30-38)35-14-7-6-8-15-35/h6-8,11-22,29-30,36,43-44,48,52-53H,1-5,9-10,23-28,31-33H2,(H,49,54)/t43-,44-/m0/s1. The Hall–Kier alpha value is -5.16. The van der Waals surface area contributed by atoms with Gasteiger partial charge < -0.3 is 30.0 Å². The second kappa shape index (κ2) is 19.8. The van der Waals surface area contributed by atoms with E-state index in [9.17, 15) is 19.8 Å². The number of phenols is 1. The van der Waals surface area contributed by atoms with Gasteiger partial charge in [0.2, 0.25) is 5.56 Å². The van der Waals surface area contributed by atoms with Crippen molar-refractivity contribution in [3.8, 4) is 22.6 Å². The van der Waals surface area contributed by atoms with E-state index in [-0.39, 0.29) is 23.5 Å². The van der Waals surface area contributed by atoms with Gasteiger partial charge in [-0.05, 0) is 110 Å². The van der Waals surface area contributed by atoms with Crippen molar-refractivity contribution in [3.63, 3.8) is 0 Å². The molecular weight excluding hydrogens is 717 g/mol. The molecule has 57 heavy (non-hydrogen) atoms. The van der Waals surface area contributed by atoms with E-state index in [0.717, 1.165) is 106 Å². The summed E-state index contributed by atoms with van der Waals surface area (Å²) in [7, 11) is 0. The van der Waals surface area contributed by atoms with Crippen LogP contribution in [0.4, 0.5) is 10.5 Å². The van der Waals surface area contributed by atoms with Crippen LogP contribution in [0.5, 0.6) is 11.5 Å². The van der Waals surface area contributed by atoms with Gasteiger partial charge in [0.15, 0.2) is 0 Å². The van der Waals surface area contributed by atoms with Gasteiger partial charge in [0, 0.05) is 30.2 Å². The highest BCUT2D eigenvalue weighted by Gasteiger charge is 2.37. The van der Waals surface area contributed by atoms with Crippen molar-refractivity contribution in [3.05, 3.63) is 125 Å². The van der Waals surface area contributed by atoms with Crippen LogP contribution in [-0.2, 0) is 11.3 Å². The number of rotatable bonds is 19. The molecule has 4 heterocycles. The van der Waals surface area contributed by atoms with E-state index >= 15 is 0 Å². The van der Waals surface area contributed by atoms with Crippen LogP contribution < -0.4 is 20.5 Å². The van der Waals surface area contributed by atoms with Crippen molar-refractivity contribution < 1.29 is 24.5 Å². The smallest absolute Gasteiger partial charge is 0.414 e. The van der Waals surface area contributed by atoms with Crippen LogP contribution in [0.2, 0.25) is 0 Å². The van der Waals surface area contributed by atoms with Gasteiger partial charge in [-0.25, -0.2) is 4.79 Å². The number of amides is 1. The maximum atomic E-state index is 14.0. The number of piperidine rings is 3. The third-order valence-electron chi connectivity index (χ3n) is 11.4. The number of aliphatic hydroxyl groups is 1. The lowest BCUT2D eigenvalue weighted by Crippen LogP contribution is -2.53. The van der Waals surface area contributed by atoms with Crippen LogP contribution in [0, 0.1) is 5.92 Å². The summed E-state index contributed by atoms with van der Waals surface area (Å²) in [6.45, 7) is 5.24. The summed E-state index contributed by atoms with van der Waals surface area (Å²) in [5.41, 5.74) is 4.68. The number of aromatic hydroxyl groups is 1. The number of benzene rings is 4. The van der Waals surface area contributed by atoms with E-state index in [1.54, 1.807) is 17.0 Å². The first-order valence-corrected chi connectivity index (χ1v) is 20.7. The fourth-order valence-electron chi connectivity index (χ4n) is 8.22. The Morgan fingerprint density at radius 2 is 1.60 bits per heavy atom. The fourth-order valence-corrected chi connectivity index (χ4v) is 8.22. The van der Waals surface area contributed by atoms with Crippen molar-refractivity contribution in [2.45, 2.75) is 76.5 Å². The summed E-state index contributed by atoms with van der Waals surface area (Å²) in [6, 6.07) is 32.7. The largest absolute Gasteiger partial charge is 0.506 e. The maximum Gasteiger partial charge on any atom is 0.414 e. The zero-order chi connectivity index (χ0) is 39.4. The van der Waals surface area contributed by atoms with Gasteiger partial charge in [-0.2, -0.15) is 0 Å². The Morgan fingerprint density at radius 3 is 2.39 bits per heavy atom. The highest BCUT2D eigenvalue weighted by molar-refractivity contribution is 5.89. The number of carbonyl (C=O) groups excluding carboxylic acids is 1. The number of fused-ring (bicyclic) bond motifs is 4. The number of ether oxygens (including phenoxy) is 2. The Balaban J connectivity index is 0.826. The van der Waals surface area contributed by atoms with E-state index < -0.39 is 6.10 Å². The number of nitrogens with zero attached hydrogens (tertiary/aromatic N) is 2. The molecule has 2 atom stereocenters. The van der Waals surface area contributed by atoms with Gasteiger partial charge in [-0.1, -0.05) is 92.8 Å². The molecule has 0 saturated carbocycles. The van der Waals surface area contributed by atoms with E-state index in [4.69, 9.17) is 9.47 Å². The number of hydrogen-bond donors (Lipinski definition) is 4. The first-order chi connectivity index (χ1) is 27.9. The molecule has 0 spiro atoms. The highest BCUT2D eigenvalue weighted by Crippen LogP contribution is 2.32. The van der Waals surface area contributed by atoms with Crippen LogP contribution in [-0.4, -0.2) is 71.6 Å². The third-order valence-corrected chi connectivity index (χ3v) is 11.4. The lowest BCUT2D eigenvalue weighted by Gasteiger charge is -2.44. The molecule has 300 valence electrons. The Morgan fingerprint density at radius 1 is 0.842 bits per heavy atom. The molecule has 0 aliphatic carbocycles. The van der Waals surface area contributed by atoms with Gasteiger partial charge in [0.25, 0.3) is 0 Å². The molecule has 3 saturated heterocycles. The van der Waals surface area contributed by atoms with Crippen LogP contribution in [0.25, 0.3) is 22.0 Å². The minimum Gasteiger partial charge on any atom is -0.506 e. The van der Waals surface area contributed by atoms with Gasteiger partial charge in [-0.15, -0.1) is 0 Å². The van der Waals surface area contributed by atoms with E-state index in [1.807, 2.05) is 54.6 Å². The van der Waals surface area contributed by atoms with Gasteiger partial charge in [-0.3, -0.25) is 14.6 Å². The number of nitrogens with one attached hydrogen (secondary N) is 2. The Labute approximate surface area is 335 Å². The highest BCUT2D eigenvalue weighted by atomic mass is 16.6. The lowest BCUT2D eigenvalue weighted by molar-refractivity contribution is -0.0311. The quantitative estimate of drug-likeness (QED) is 0.0616. The van der Waals surface area contributed by atoms with Crippen molar-refractivity contribution in [1.82, 2.24) is 15.2 Å². The van der Waals surface area contributed by atoms with Gasteiger partial charge in [0.1, 0.15) is 17.6 Å². The molecule has 5 aromatic rings. The number of H-pyrrole nitrogens is 1. The minimum absolute atomic E-state index is 0.00963. The molecule has 1 aromatic heterocycles. The second-order valence-corrected chi connectivity index (χ2v) is 15.5. The zero-order valence-corrected chi connectivity index (χ0v) is 32.8. The summed E-state index contributed by atoms with van der Waals surface area (Å²) in [5, 5.41) is 24.8. The minimum atomic E-state index is -0.746. The number of unbranched alkanes of at least 4 members (excludes halogenated alkanes) is 6. The van der Waals surface area contributed by atoms with Gasteiger partial charge in [0.05, 0.1) is 24.8 Å². The predicted molar refractivity (Wildman–Crippen MR) is 226 cm³/mol. The molecule has 8 rings (SSSR count). The van der Waals surface area contributed by atoms with E-state index in [2.05, 4.69) is 39.5 Å². The molecule has 1 amide bonds. The number of hydrogen-bond acceptors (Lipinski definition) is 8. The number of aromatic amines is 1. The summed E-state index contributed by atoms with van der Waals surface area (Å²) in [5.74, 6) is 1.23. The molecule has 3 aliphatic heterocycles. The van der Waals surface area contributed by atoms with E-state index in [1.165, 1.54) is 18.6 Å². The molecule has 2 bridgehead atoms. The number of carbonyl (C=O) groups is 1. The van der Waals surface area contributed by atoms with Crippen molar-refractivity contribution in [2.24, 2.45) is 5.92 Å². The molecular formula is C47H56N4O6.